The van der Waals surface area contributed by atoms with E-state index in [1.165, 1.54) is 12.4 Å². The third-order valence-electron chi connectivity index (χ3n) is 0.647. The smallest absolute Gasteiger partial charge is 0.332 e. The first kappa shape index (κ1) is 4.83. The molecule has 8 heavy (non-hydrogen) atoms. The van der Waals surface area contributed by atoms with Crippen LogP contribution in [0.4, 0.5) is 0 Å². The molecular formula is C4H3N2O2. The number of rotatable bonds is 0. The summed E-state index contributed by atoms with van der Waals surface area (Å²) in [6.45, 7) is 0. The second-order valence-corrected chi connectivity index (χ2v) is 1.19. The summed E-state index contributed by atoms with van der Waals surface area (Å²) in [5.41, 5.74) is 0. The van der Waals surface area contributed by atoms with Gasteiger partial charge in [-0.2, -0.15) is 0 Å². The minimum Gasteiger partial charge on any atom is -0.489 e. The maximum Gasteiger partial charge on any atom is 0.332 e. The SMILES string of the molecule is [O]c1nccnc1O. The molecule has 4 nitrogen and oxygen atoms in total. The molecule has 1 rings (SSSR count). The molecule has 1 aromatic rings. The van der Waals surface area contributed by atoms with Crippen LogP contribution in [0, 0.1) is 0 Å². The van der Waals surface area contributed by atoms with E-state index in [1.54, 1.807) is 0 Å². The van der Waals surface area contributed by atoms with Crippen molar-refractivity contribution in [3.05, 3.63) is 12.4 Å². The van der Waals surface area contributed by atoms with Crippen LogP contribution >= 0.6 is 0 Å². The summed E-state index contributed by atoms with van der Waals surface area (Å²) in [5, 5.41) is 18.6. The summed E-state index contributed by atoms with van der Waals surface area (Å²) in [7, 11) is 0. The van der Waals surface area contributed by atoms with Gasteiger partial charge in [-0.05, 0) is 0 Å². The molecule has 0 amide bonds. The lowest BCUT2D eigenvalue weighted by molar-refractivity contribution is 0.301. The minimum atomic E-state index is -0.687. The highest BCUT2D eigenvalue weighted by Gasteiger charge is 1.98. The number of hydrogen-bond donors (Lipinski definition) is 1. The summed E-state index contributed by atoms with van der Waals surface area (Å²) in [6, 6.07) is 0. The van der Waals surface area contributed by atoms with E-state index < -0.39 is 11.8 Å². The molecule has 41 valence electrons. The van der Waals surface area contributed by atoms with Crippen molar-refractivity contribution in [1.82, 2.24) is 9.97 Å². The van der Waals surface area contributed by atoms with Crippen LogP contribution in [0.5, 0.6) is 11.8 Å². The van der Waals surface area contributed by atoms with Crippen LogP contribution < -0.4 is 0 Å². The lowest BCUT2D eigenvalue weighted by atomic mass is 10.7. The van der Waals surface area contributed by atoms with Gasteiger partial charge in [-0.3, -0.25) is 5.11 Å². The molecular weight excluding hydrogens is 108 g/mol. The standard InChI is InChI=1S/C4H3N2O2/c7-3-4(8)6-2-1-5-3/h1-2H,(H,5,7). The Morgan fingerprint density at radius 1 is 1.38 bits per heavy atom. The Bertz CT molecular complexity index is 168. The summed E-state index contributed by atoms with van der Waals surface area (Å²) in [5.74, 6) is -1.24. The van der Waals surface area contributed by atoms with Crippen LogP contribution in [-0.2, 0) is 5.11 Å². The molecule has 0 spiro atoms. The lowest BCUT2D eigenvalue weighted by Gasteiger charge is -1.85. The fourth-order valence-electron chi connectivity index (χ4n) is 0.318. The maximum atomic E-state index is 10.2. The highest BCUT2D eigenvalue weighted by Crippen LogP contribution is 2.14. The fraction of sp³-hybridized carbons (Fsp3) is 0. The van der Waals surface area contributed by atoms with E-state index in [9.17, 15) is 5.11 Å². The predicted molar refractivity (Wildman–Crippen MR) is 23.8 cm³/mol. The first-order valence-corrected chi connectivity index (χ1v) is 1.97. The summed E-state index contributed by atoms with van der Waals surface area (Å²) >= 11 is 0. The van der Waals surface area contributed by atoms with Crippen molar-refractivity contribution in [2.24, 2.45) is 0 Å². The van der Waals surface area contributed by atoms with Crippen LogP contribution in [0.15, 0.2) is 12.4 Å². The van der Waals surface area contributed by atoms with Gasteiger partial charge in [0.15, 0.2) is 0 Å². The minimum absolute atomic E-state index is 0.549. The Hall–Kier alpha value is -1.32. The van der Waals surface area contributed by atoms with Gasteiger partial charge in [-0.15, -0.1) is 0 Å². The van der Waals surface area contributed by atoms with Crippen molar-refractivity contribution in [2.75, 3.05) is 0 Å². The molecule has 0 unspecified atom stereocenters. The molecule has 1 radical (unpaired) electrons. The van der Waals surface area contributed by atoms with Gasteiger partial charge in [0.1, 0.15) is 0 Å². The van der Waals surface area contributed by atoms with Gasteiger partial charge < -0.3 is 5.11 Å². The van der Waals surface area contributed by atoms with Gasteiger partial charge in [-0.1, -0.05) is 0 Å². The summed E-state index contributed by atoms with van der Waals surface area (Å²) in [4.78, 5) is 6.47. The normalized spacial score (nSPS) is 9.00. The Morgan fingerprint density at radius 2 is 2.00 bits per heavy atom. The number of hydrogen-bond acceptors (Lipinski definition) is 3. The molecule has 1 aromatic heterocycles. The Morgan fingerprint density at radius 3 is 2.38 bits per heavy atom. The van der Waals surface area contributed by atoms with Crippen LogP contribution in [0.3, 0.4) is 0 Å². The van der Waals surface area contributed by atoms with Gasteiger partial charge in [0, 0.05) is 12.4 Å². The monoisotopic (exact) mass is 111 g/mol. The van der Waals surface area contributed by atoms with Gasteiger partial charge in [0.25, 0.3) is 5.88 Å². The zero-order valence-electron chi connectivity index (χ0n) is 3.90. The lowest BCUT2D eigenvalue weighted by Crippen LogP contribution is -1.75. The van der Waals surface area contributed by atoms with E-state index >= 15 is 0 Å². The molecule has 0 fully saturated rings. The quantitative estimate of drug-likeness (QED) is 0.524. The van der Waals surface area contributed by atoms with Gasteiger partial charge in [0.05, 0.1) is 0 Å². The van der Waals surface area contributed by atoms with Crippen molar-refractivity contribution in [3.8, 4) is 11.8 Å². The Kier molecular flexibility index (Phi) is 0.997. The molecule has 0 aromatic carbocycles. The molecule has 0 saturated carbocycles. The van der Waals surface area contributed by atoms with E-state index in [0.29, 0.717) is 0 Å². The molecule has 0 saturated heterocycles. The van der Waals surface area contributed by atoms with Crippen molar-refractivity contribution in [1.29, 1.82) is 0 Å². The number of nitrogens with zero attached hydrogens (tertiary/aromatic N) is 2. The summed E-state index contributed by atoms with van der Waals surface area (Å²) < 4.78 is 0. The van der Waals surface area contributed by atoms with Crippen LogP contribution in [0.2, 0.25) is 0 Å². The van der Waals surface area contributed by atoms with Gasteiger partial charge in [-0.25, -0.2) is 9.97 Å². The van der Waals surface area contributed by atoms with Crippen molar-refractivity contribution >= 4 is 0 Å². The number of aromatic nitrogens is 2. The van der Waals surface area contributed by atoms with E-state index in [1.807, 2.05) is 0 Å². The second kappa shape index (κ2) is 1.65. The molecule has 1 N–H and O–H groups in total. The van der Waals surface area contributed by atoms with Gasteiger partial charge >= 0.3 is 5.88 Å². The second-order valence-electron chi connectivity index (χ2n) is 1.19. The molecule has 1 heterocycles. The zero-order valence-corrected chi connectivity index (χ0v) is 3.90. The molecule has 0 atom stereocenters. The zero-order chi connectivity index (χ0) is 5.98. The van der Waals surface area contributed by atoms with E-state index in [0.717, 1.165) is 0 Å². The highest BCUT2D eigenvalue weighted by atomic mass is 16.3. The van der Waals surface area contributed by atoms with Crippen LogP contribution in [-0.4, -0.2) is 15.1 Å². The fourth-order valence-corrected chi connectivity index (χ4v) is 0.318. The van der Waals surface area contributed by atoms with Crippen LogP contribution in [0.25, 0.3) is 0 Å². The van der Waals surface area contributed by atoms with Crippen LogP contribution in [0.1, 0.15) is 0 Å². The van der Waals surface area contributed by atoms with Gasteiger partial charge in [0.2, 0.25) is 0 Å². The predicted octanol–water partition coefficient (Wildman–Crippen LogP) is 0.326. The summed E-state index contributed by atoms with van der Waals surface area (Å²) in [6.07, 6.45) is 2.47. The third-order valence-corrected chi connectivity index (χ3v) is 0.647. The Balaban J connectivity index is 3.13. The number of aromatic hydroxyl groups is 1. The first-order valence-electron chi connectivity index (χ1n) is 1.97. The largest absolute Gasteiger partial charge is 0.489 e. The van der Waals surface area contributed by atoms with Crippen molar-refractivity contribution in [2.45, 2.75) is 0 Å². The highest BCUT2D eigenvalue weighted by molar-refractivity contribution is 5.18. The molecule has 0 aliphatic rings. The molecule has 0 aliphatic heterocycles. The van der Waals surface area contributed by atoms with E-state index in [2.05, 4.69) is 9.97 Å². The van der Waals surface area contributed by atoms with Crippen molar-refractivity contribution < 1.29 is 10.2 Å². The average molecular weight is 111 g/mol. The first-order chi connectivity index (χ1) is 3.80. The molecule has 4 heteroatoms. The maximum absolute atomic E-state index is 10.2. The molecule has 0 aliphatic carbocycles. The third kappa shape index (κ3) is 0.676. The average Bonchev–Trinajstić information content (AvgIpc) is 1.77. The molecule has 0 bridgehead atoms. The van der Waals surface area contributed by atoms with E-state index in [4.69, 9.17) is 5.11 Å². The van der Waals surface area contributed by atoms with Crippen molar-refractivity contribution in [3.63, 3.8) is 0 Å². The Labute approximate surface area is 45.5 Å². The van der Waals surface area contributed by atoms with E-state index in [-0.39, 0.29) is 0 Å². The topological polar surface area (TPSA) is 65.9 Å².